The van der Waals surface area contributed by atoms with Gasteiger partial charge in [-0.05, 0) is 92.7 Å². The summed E-state index contributed by atoms with van der Waals surface area (Å²) >= 11 is 3.02. The first-order chi connectivity index (χ1) is 26.3. The lowest BCUT2D eigenvalue weighted by atomic mass is 9.72. The van der Waals surface area contributed by atoms with Crippen molar-refractivity contribution in [2.45, 2.75) is 97.7 Å². The molecule has 9 nitrogen and oxygen atoms in total. The van der Waals surface area contributed by atoms with Gasteiger partial charge in [-0.15, -0.1) is 22.0 Å². The van der Waals surface area contributed by atoms with Gasteiger partial charge < -0.3 is 0 Å². The van der Waals surface area contributed by atoms with Gasteiger partial charge in [-0.2, -0.15) is 9.91 Å². The van der Waals surface area contributed by atoms with Gasteiger partial charge in [-0.3, -0.25) is 14.6 Å². The first-order valence-electron chi connectivity index (χ1n) is 19.0. The summed E-state index contributed by atoms with van der Waals surface area (Å²) in [6.07, 6.45) is 30.6. The van der Waals surface area contributed by atoms with Crippen LogP contribution in [0.15, 0.2) is 145 Å². The van der Waals surface area contributed by atoms with E-state index in [0.717, 1.165) is 51.0 Å². The largest absolute Gasteiger partial charge is 0.293 e. The van der Waals surface area contributed by atoms with Crippen LogP contribution >= 0.6 is 23.5 Å². The molecule has 300 valence electrons. The van der Waals surface area contributed by atoms with E-state index in [1.165, 1.54) is 16.6 Å². The van der Waals surface area contributed by atoms with Gasteiger partial charge in [0.05, 0.1) is 30.5 Å². The fraction of sp³-hybridized carbons (Fsp3) is 0.444. The number of aromatic nitrogens is 4. The van der Waals surface area contributed by atoms with Crippen molar-refractivity contribution in [3.63, 3.8) is 0 Å². The topological polar surface area (TPSA) is 106 Å². The van der Waals surface area contributed by atoms with Crippen LogP contribution in [-0.4, -0.2) is 67.3 Å². The molecule has 0 radical (unpaired) electrons. The highest BCUT2D eigenvalue weighted by Crippen LogP contribution is 2.45. The Labute approximate surface area is 344 Å². The van der Waals surface area contributed by atoms with E-state index in [-0.39, 0.29) is 32.9 Å². The molecule has 11 heteroatoms. The third-order valence-electron chi connectivity index (χ3n) is 9.72. The maximum Gasteiger partial charge on any atom is 0.231 e. The van der Waals surface area contributed by atoms with Crippen LogP contribution in [-0.2, 0) is 16.6 Å². The number of tetrazole rings is 1. The van der Waals surface area contributed by atoms with E-state index in [9.17, 15) is 9.59 Å². The highest BCUT2D eigenvalue weighted by atomic mass is 32.2. The van der Waals surface area contributed by atoms with Crippen molar-refractivity contribution in [3.05, 3.63) is 130 Å². The first kappa shape index (κ1) is 46.0. The minimum absolute atomic E-state index is 0.0802. The number of Topliss-reactive ketones (excluding diaryl/α,β-unsaturated/α-hetero) is 2. The molecule has 0 amide bonds. The van der Waals surface area contributed by atoms with E-state index in [1.807, 2.05) is 33.0 Å². The molecule has 0 saturated heterocycles. The van der Waals surface area contributed by atoms with Crippen molar-refractivity contribution in [1.82, 2.24) is 25.2 Å². The van der Waals surface area contributed by atoms with Gasteiger partial charge in [0.2, 0.25) is 5.16 Å². The zero-order valence-electron chi connectivity index (χ0n) is 35.6. The lowest BCUT2D eigenvalue weighted by Crippen LogP contribution is -2.35. The van der Waals surface area contributed by atoms with E-state index < -0.39 is 0 Å². The van der Waals surface area contributed by atoms with Crippen LogP contribution in [0.5, 0.6) is 0 Å². The van der Waals surface area contributed by atoms with E-state index in [2.05, 4.69) is 154 Å². The second-order valence-electron chi connectivity index (χ2n) is 15.8. The van der Waals surface area contributed by atoms with E-state index >= 15 is 0 Å². The van der Waals surface area contributed by atoms with Crippen molar-refractivity contribution in [1.29, 1.82) is 0 Å². The van der Waals surface area contributed by atoms with Crippen LogP contribution in [0.2, 0.25) is 0 Å². The SMILES string of the molecule is C/N=N\N(C)CSC1CC(C)(C)C(/C=C/C(C)=C/C=C/C(C)=C/C=C/C=C(C)/C=C/C=C(C)/C=C/C2=C(C)C(=O)C(Sc3nnn(C)n3)CC2(C)C)=C(C)C1=O. The second-order valence-corrected chi connectivity index (χ2v) is 18.1. The Balaban J connectivity index is 1.54. The number of rotatable bonds is 16. The molecule has 56 heavy (non-hydrogen) atoms. The number of carbonyl (C=O) groups is 2. The molecule has 3 rings (SSSR count). The molecule has 0 bridgehead atoms. The summed E-state index contributed by atoms with van der Waals surface area (Å²) in [5.41, 5.74) is 8.03. The van der Waals surface area contributed by atoms with E-state index in [4.69, 9.17) is 0 Å². The molecule has 2 aliphatic rings. The molecular formula is C45H61N7O2S2. The fourth-order valence-corrected chi connectivity index (χ4v) is 9.21. The summed E-state index contributed by atoms with van der Waals surface area (Å²) in [6.45, 7) is 21.0. The summed E-state index contributed by atoms with van der Waals surface area (Å²) < 4.78 is 0. The summed E-state index contributed by atoms with van der Waals surface area (Å²) in [6, 6.07) is 0. The molecule has 0 aromatic carbocycles. The zero-order valence-corrected chi connectivity index (χ0v) is 37.3. The maximum atomic E-state index is 13.2. The maximum absolute atomic E-state index is 13.2. The van der Waals surface area contributed by atoms with Gasteiger partial charge in [-0.25, -0.2) is 0 Å². The normalized spacial score (nSPS) is 21.9. The van der Waals surface area contributed by atoms with Gasteiger partial charge in [0.1, 0.15) is 0 Å². The Morgan fingerprint density at radius 3 is 1.68 bits per heavy atom. The number of aryl methyl sites for hydroxylation is 1. The van der Waals surface area contributed by atoms with Crippen LogP contribution in [0.1, 0.15) is 82.1 Å². The van der Waals surface area contributed by atoms with Crippen molar-refractivity contribution < 1.29 is 9.59 Å². The Kier molecular flexibility index (Phi) is 17.5. The summed E-state index contributed by atoms with van der Waals surface area (Å²) in [5.74, 6) is 0.964. The number of ketones is 2. The zero-order chi connectivity index (χ0) is 41.6. The standard InChI is InChI=1S/C45H61N7O2S2/c1-31(20-16-22-33(3)24-26-37-35(5)41(53)39(28-44(37,7)8)55-30-51(12)49-46-11)18-14-15-19-32(2)21-17-23-34(4)25-27-38-36(6)42(54)40(29-45(38,9)10)56-43-47-50-52(13)48-43/h14-27,39-40H,28-30H2,1-13H3/b15-14+,20-16+,21-17+,26-24+,27-25+,31-18+,32-19+,33-22+,34-23+,49-46-. The summed E-state index contributed by atoms with van der Waals surface area (Å²) in [7, 11) is 5.24. The molecular weight excluding hydrogens is 735 g/mol. The smallest absolute Gasteiger partial charge is 0.231 e. The lowest BCUT2D eigenvalue weighted by Gasteiger charge is -2.36. The van der Waals surface area contributed by atoms with Crippen molar-refractivity contribution >= 4 is 35.1 Å². The molecule has 0 saturated carbocycles. The van der Waals surface area contributed by atoms with Crippen LogP contribution < -0.4 is 0 Å². The van der Waals surface area contributed by atoms with Crippen LogP contribution in [0.3, 0.4) is 0 Å². The van der Waals surface area contributed by atoms with Gasteiger partial charge in [0, 0.05) is 7.05 Å². The lowest BCUT2D eigenvalue weighted by molar-refractivity contribution is -0.116. The number of carbonyl (C=O) groups excluding carboxylic acids is 2. The predicted molar refractivity (Wildman–Crippen MR) is 236 cm³/mol. The monoisotopic (exact) mass is 795 g/mol. The summed E-state index contributed by atoms with van der Waals surface area (Å²) in [4.78, 5) is 27.8. The van der Waals surface area contributed by atoms with Gasteiger partial charge in [-0.1, -0.05) is 152 Å². The number of nitrogens with zero attached hydrogens (tertiary/aromatic N) is 7. The minimum atomic E-state index is -0.222. The Bertz CT molecular complexity index is 1980. The third kappa shape index (κ3) is 14.0. The molecule has 1 aromatic heterocycles. The van der Waals surface area contributed by atoms with Crippen molar-refractivity contribution in [3.8, 4) is 0 Å². The van der Waals surface area contributed by atoms with Crippen LogP contribution in [0, 0.1) is 10.8 Å². The van der Waals surface area contributed by atoms with Crippen molar-refractivity contribution in [2.75, 3.05) is 20.0 Å². The molecule has 2 atom stereocenters. The number of allylic oxidation sites excluding steroid dienone is 22. The third-order valence-corrected chi connectivity index (χ3v) is 12.1. The highest BCUT2D eigenvalue weighted by Gasteiger charge is 2.39. The molecule has 2 aliphatic carbocycles. The van der Waals surface area contributed by atoms with Crippen LogP contribution in [0.4, 0.5) is 0 Å². The predicted octanol–water partition coefficient (Wildman–Crippen LogP) is 10.9. The fourth-order valence-electron chi connectivity index (χ4n) is 6.61. The van der Waals surface area contributed by atoms with Gasteiger partial charge >= 0.3 is 0 Å². The average molecular weight is 796 g/mol. The van der Waals surface area contributed by atoms with Crippen LogP contribution in [0.25, 0.3) is 0 Å². The molecule has 0 aliphatic heterocycles. The van der Waals surface area contributed by atoms with Gasteiger partial charge in [0.15, 0.2) is 11.6 Å². The Morgan fingerprint density at radius 1 is 0.768 bits per heavy atom. The average Bonchev–Trinajstić information content (AvgIpc) is 3.53. The molecule has 1 aromatic rings. The number of hydrogen-bond acceptors (Lipinski definition) is 9. The summed E-state index contributed by atoms with van der Waals surface area (Å²) in [5, 5.41) is 22.0. The minimum Gasteiger partial charge on any atom is -0.293 e. The van der Waals surface area contributed by atoms with E-state index in [1.54, 1.807) is 30.9 Å². The number of hydrogen-bond donors (Lipinski definition) is 0. The number of thioether (sulfide) groups is 2. The highest BCUT2D eigenvalue weighted by molar-refractivity contribution is 8.00. The van der Waals surface area contributed by atoms with Crippen molar-refractivity contribution in [2.24, 2.45) is 28.2 Å². The first-order valence-corrected chi connectivity index (χ1v) is 20.9. The Hall–Kier alpha value is -4.35. The second kappa shape index (κ2) is 21.3. The van der Waals surface area contributed by atoms with Gasteiger partial charge in [0.25, 0.3) is 0 Å². The van der Waals surface area contributed by atoms with E-state index in [0.29, 0.717) is 17.5 Å². The molecule has 1 heterocycles. The Morgan fingerprint density at radius 2 is 1.21 bits per heavy atom. The molecule has 0 N–H and O–H groups in total. The quantitative estimate of drug-likeness (QED) is 0.0705. The molecule has 0 fully saturated rings. The molecule has 0 spiro atoms. The molecule has 2 unspecified atom stereocenters.